The highest BCUT2D eigenvalue weighted by atomic mass is 19.1. The monoisotopic (exact) mass is 224 g/mol. The topological polar surface area (TPSA) is 29.5 Å². The predicted octanol–water partition coefficient (Wildman–Crippen LogP) is 2.46. The van der Waals surface area contributed by atoms with E-state index in [1.165, 1.54) is 6.07 Å². The van der Waals surface area contributed by atoms with Gasteiger partial charge in [-0.1, -0.05) is 18.2 Å². The van der Waals surface area contributed by atoms with Crippen molar-refractivity contribution in [3.8, 4) is 0 Å². The van der Waals surface area contributed by atoms with Crippen molar-refractivity contribution < 1.29 is 14.2 Å². The fourth-order valence-corrected chi connectivity index (χ4v) is 2.28. The van der Waals surface area contributed by atoms with Crippen LogP contribution in [0.3, 0.4) is 0 Å². The summed E-state index contributed by atoms with van der Waals surface area (Å²) in [6.45, 7) is 2.91. The van der Waals surface area contributed by atoms with E-state index in [0.717, 1.165) is 19.4 Å². The molecule has 1 heterocycles. The van der Waals surface area contributed by atoms with Gasteiger partial charge in [-0.05, 0) is 25.8 Å². The Labute approximate surface area is 95.1 Å². The highest BCUT2D eigenvalue weighted by molar-refractivity contribution is 5.24. The molecule has 2 atom stereocenters. The minimum Gasteiger partial charge on any atom is -0.385 e. The third-order valence-corrected chi connectivity index (χ3v) is 3.37. The number of benzene rings is 1. The number of ether oxygens (including phenoxy) is 1. The molecule has 2 nitrogen and oxygen atoms in total. The molecule has 0 aliphatic carbocycles. The summed E-state index contributed by atoms with van der Waals surface area (Å²) in [7, 11) is 0. The van der Waals surface area contributed by atoms with Gasteiger partial charge in [0.05, 0.1) is 12.2 Å². The molecule has 1 aliphatic rings. The van der Waals surface area contributed by atoms with E-state index in [4.69, 9.17) is 4.74 Å². The molecule has 1 fully saturated rings. The van der Waals surface area contributed by atoms with E-state index in [1.54, 1.807) is 25.1 Å². The van der Waals surface area contributed by atoms with Gasteiger partial charge in [0.25, 0.3) is 0 Å². The van der Waals surface area contributed by atoms with Crippen molar-refractivity contribution in [3.05, 3.63) is 35.6 Å². The largest absolute Gasteiger partial charge is 0.385 e. The molecule has 0 radical (unpaired) electrons. The van der Waals surface area contributed by atoms with E-state index < -0.39 is 5.60 Å². The zero-order valence-corrected chi connectivity index (χ0v) is 9.45. The van der Waals surface area contributed by atoms with Crippen LogP contribution < -0.4 is 0 Å². The Balaban J connectivity index is 2.26. The standard InChI is InChI=1S/C13H17FO2/c1-13(15,10-5-4-8-16-9-10)11-6-2-3-7-12(11)14/h2-3,6-7,10,15H,4-5,8-9H2,1H3. The van der Waals surface area contributed by atoms with Gasteiger partial charge in [-0.2, -0.15) is 0 Å². The molecule has 0 saturated carbocycles. The zero-order chi connectivity index (χ0) is 11.6. The summed E-state index contributed by atoms with van der Waals surface area (Å²) in [4.78, 5) is 0. The van der Waals surface area contributed by atoms with Crippen molar-refractivity contribution >= 4 is 0 Å². The molecule has 1 N–H and O–H groups in total. The van der Waals surface area contributed by atoms with Gasteiger partial charge in [-0.15, -0.1) is 0 Å². The first-order valence-corrected chi connectivity index (χ1v) is 5.67. The van der Waals surface area contributed by atoms with Crippen LogP contribution in [0.15, 0.2) is 24.3 Å². The summed E-state index contributed by atoms with van der Waals surface area (Å²) in [5.74, 6) is -0.378. The minimum absolute atomic E-state index is 0.0295. The first kappa shape index (κ1) is 11.6. The van der Waals surface area contributed by atoms with Gasteiger partial charge in [0.1, 0.15) is 5.82 Å². The lowest BCUT2D eigenvalue weighted by Gasteiger charge is -2.35. The molecule has 0 bridgehead atoms. The SMILES string of the molecule is CC(O)(c1ccccc1F)C1CCCOC1. The maximum absolute atomic E-state index is 13.6. The normalized spacial score (nSPS) is 25.1. The summed E-state index contributed by atoms with van der Waals surface area (Å²) >= 11 is 0. The van der Waals surface area contributed by atoms with Gasteiger partial charge in [0.15, 0.2) is 0 Å². The molecule has 16 heavy (non-hydrogen) atoms. The average Bonchev–Trinajstić information content (AvgIpc) is 2.30. The summed E-state index contributed by atoms with van der Waals surface area (Å²) in [6.07, 6.45) is 1.80. The third kappa shape index (κ3) is 2.11. The van der Waals surface area contributed by atoms with Crippen molar-refractivity contribution in [1.29, 1.82) is 0 Å². The molecule has 1 aliphatic heterocycles. The molecule has 3 heteroatoms. The Kier molecular flexibility index (Phi) is 3.26. The smallest absolute Gasteiger partial charge is 0.129 e. The van der Waals surface area contributed by atoms with Gasteiger partial charge in [-0.25, -0.2) is 4.39 Å². The van der Waals surface area contributed by atoms with Gasteiger partial charge in [0, 0.05) is 18.1 Å². The van der Waals surface area contributed by atoms with Crippen molar-refractivity contribution in [3.63, 3.8) is 0 Å². The Morgan fingerprint density at radius 2 is 2.19 bits per heavy atom. The molecule has 0 amide bonds. The summed E-state index contributed by atoms with van der Waals surface area (Å²) in [5, 5.41) is 10.5. The van der Waals surface area contributed by atoms with Crippen LogP contribution in [0.4, 0.5) is 4.39 Å². The molecular formula is C13H17FO2. The van der Waals surface area contributed by atoms with Crippen LogP contribution in [-0.4, -0.2) is 18.3 Å². The predicted molar refractivity (Wildman–Crippen MR) is 59.5 cm³/mol. The lowest BCUT2D eigenvalue weighted by molar-refractivity contribution is -0.0741. The number of hydrogen-bond donors (Lipinski definition) is 1. The second-order valence-electron chi connectivity index (χ2n) is 4.54. The molecule has 88 valence electrons. The first-order chi connectivity index (χ1) is 7.62. The van der Waals surface area contributed by atoms with Crippen molar-refractivity contribution in [2.75, 3.05) is 13.2 Å². The number of aliphatic hydroxyl groups is 1. The lowest BCUT2D eigenvalue weighted by Crippen LogP contribution is -2.38. The lowest BCUT2D eigenvalue weighted by atomic mass is 9.79. The van der Waals surface area contributed by atoms with Gasteiger partial charge in [-0.3, -0.25) is 0 Å². The molecule has 1 saturated heterocycles. The Morgan fingerprint density at radius 1 is 1.44 bits per heavy atom. The zero-order valence-electron chi connectivity index (χ0n) is 9.45. The quantitative estimate of drug-likeness (QED) is 0.836. The minimum atomic E-state index is -1.15. The van der Waals surface area contributed by atoms with Gasteiger partial charge in [0.2, 0.25) is 0 Å². The van der Waals surface area contributed by atoms with E-state index in [1.807, 2.05) is 0 Å². The van der Waals surface area contributed by atoms with Gasteiger partial charge >= 0.3 is 0 Å². The van der Waals surface area contributed by atoms with Crippen LogP contribution in [0.2, 0.25) is 0 Å². The van der Waals surface area contributed by atoms with E-state index in [9.17, 15) is 9.50 Å². The van der Waals surface area contributed by atoms with Crippen LogP contribution in [-0.2, 0) is 10.3 Å². The van der Waals surface area contributed by atoms with Crippen LogP contribution in [0.25, 0.3) is 0 Å². The van der Waals surface area contributed by atoms with Crippen LogP contribution in [0, 0.1) is 11.7 Å². The first-order valence-electron chi connectivity index (χ1n) is 5.67. The van der Waals surface area contributed by atoms with E-state index >= 15 is 0 Å². The molecule has 0 aromatic heterocycles. The molecule has 0 spiro atoms. The third-order valence-electron chi connectivity index (χ3n) is 3.37. The second kappa shape index (κ2) is 4.52. The van der Waals surface area contributed by atoms with Crippen molar-refractivity contribution in [2.24, 2.45) is 5.92 Å². The maximum atomic E-state index is 13.6. The summed E-state index contributed by atoms with van der Waals surface area (Å²) in [6, 6.07) is 6.40. The van der Waals surface area contributed by atoms with Crippen molar-refractivity contribution in [1.82, 2.24) is 0 Å². The molecule has 1 aromatic rings. The van der Waals surface area contributed by atoms with Gasteiger partial charge < -0.3 is 9.84 Å². The summed E-state index contributed by atoms with van der Waals surface area (Å²) in [5.41, 5.74) is -0.781. The molecule has 2 unspecified atom stereocenters. The number of hydrogen-bond acceptors (Lipinski definition) is 2. The van der Waals surface area contributed by atoms with Crippen LogP contribution in [0.5, 0.6) is 0 Å². The summed E-state index contributed by atoms with van der Waals surface area (Å²) < 4.78 is 19.0. The molecular weight excluding hydrogens is 207 g/mol. The number of rotatable bonds is 2. The molecule has 2 rings (SSSR count). The van der Waals surface area contributed by atoms with E-state index in [0.29, 0.717) is 12.2 Å². The highest BCUT2D eigenvalue weighted by Gasteiger charge is 2.36. The Bertz CT molecular complexity index is 357. The fourth-order valence-electron chi connectivity index (χ4n) is 2.28. The van der Waals surface area contributed by atoms with E-state index in [-0.39, 0.29) is 11.7 Å². The number of halogens is 1. The maximum Gasteiger partial charge on any atom is 0.129 e. The van der Waals surface area contributed by atoms with Crippen LogP contribution in [0.1, 0.15) is 25.3 Å². The fraction of sp³-hybridized carbons (Fsp3) is 0.538. The second-order valence-corrected chi connectivity index (χ2v) is 4.54. The molecule has 1 aromatic carbocycles. The average molecular weight is 224 g/mol. The van der Waals surface area contributed by atoms with Crippen LogP contribution >= 0.6 is 0 Å². The highest BCUT2D eigenvalue weighted by Crippen LogP contribution is 2.35. The van der Waals surface area contributed by atoms with Crippen molar-refractivity contribution in [2.45, 2.75) is 25.4 Å². The Morgan fingerprint density at radius 3 is 2.81 bits per heavy atom. The Hall–Kier alpha value is -0.930. The van der Waals surface area contributed by atoms with E-state index in [2.05, 4.69) is 0 Å².